The second-order valence-electron chi connectivity index (χ2n) is 15.5. The molecular weight excluding hydrogens is 721 g/mol. The maximum absolute atomic E-state index is 12.8. The number of anilines is 4. The van der Waals surface area contributed by atoms with Crippen molar-refractivity contribution in [2.45, 2.75) is 47.0 Å². The molecule has 14 heteroatoms. The first-order chi connectivity index (χ1) is 27.2. The average molecular weight is 769 g/mol. The minimum atomic E-state index is -0.436. The summed E-state index contributed by atoms with van der Waals surface area (Å²) in [5.74, 6) is 0. The van der Waals surface area contributed by atoms with Gasteiger partial charge in [-0.15, -0.1) is 0 Å². The quantitative estimate of drug-likeness (QED) is 0.0579. The van der Waals surface area contributed by atoms with E-state index in [0.29, 0.717) is 68.2 Å². The number of benzene rings is 4. The summed E-state index contributed by atoms with van der Waals surface area (Å²) in [6.07, 6.45) is 1.25. The molecule has 0 aliphatic heterocycles. The van der Waals surface area contributed by atoms with Crippen molar-refractivity contribution in [2.75, 3.05) is 47.4 Å². The first kappa shape index (κ1) is 41.1. The maximum atomic E-state index is 12.8. The molecule has 0 saturated carbocycles. The number of nitriles is 2. The summed E-state index contributed by atoms with van der Waals surface area (Å²) >= 11 is 0. The number of carbonyl (C=O) groups excluding carboxylic acids is 4. The molecule has 8 amide bonds. The molecule has 1 aliphatic rings. The van der Waals surface area contributed by atoms with Gasteiger partial charge in [0, 0.05) is 48.9 Å². The molecule has 0 unspecified atom stereocenters. The Bertz CT molecular complexity index is 2030. The van der Waals surface area contributed by atoms with Gasteiger partial charge < -0.3 is 42.5 Å². The number of urea groups is 4. The van der Waals surface area contributed by atoms with Crippen LogP contribution in [0, 0.1) is 33.5 Å². The predicted octanol–water partition coefficient (Wildman–Crippen LogP) is 7.33. The first-order valence-corrected chi connectivity index (χ1v) is 18.6. The van der Waals surface area contributed by atoms with E-state index in [1.165, 1.54) is 0 Å². The van der Waals surface area contributed by atoms with Crippen LogP contribution in [-0.4, -0.2) is 50.3 Å². The normalized spacial score (nSPS) is 11.4. The van der Waals surface area contributed by atoms with Crippen LogP contribution < -0.4 is 42.5 Å². The number of carbonyl (C=O) groups is 4. The third-order valence-corrected chi connectivity index (χ3v) is 9.30. The summed E-state index contributed by atoms with van der Waals surface area (Å²) in [6.45, 7) is 9.02. The number of rotatable bonds is 14. The minimum absolute atomic E-state index is 0.306. The standard InChI is InChI=1S/C43H48N10O4/c1-42(2,24-46-38(54)50-32-9-5-28(6-10-32)17-19-44)26-48-40(56)52-34-13-15-36-30(22-34)21-31-23-35(14-16-37(31)36)53-41(57)49-27-43(3,4)25-47-39(55)51-33-11-7-29(8-12-33)18-20-45/h5-16,22-23H,17-18,21,24-27H2,1-4H3,(H2,46,50,54)(H2,47,51,55)(H2,48,52,56)(H2,49,53,57). The fourth-order valence-electron chi connectivity index (χ4n) is 6.06. The second-order valence-corrected chi connectivity index (χ2v) is 15.5. The number of nitrogens with zero attached hydrogens (tertiary/aromatic N) is 2. The smallest absolute Gasteiger partial charge is 0.319 e. The SMILES string of the molecule is CC(C)(CNC(=O)Nc1ccc(CC#N)cc1)CNC(=O)Nc1ccc2c(c1)Cc1cc(NC(=O)NCC(C)(C)CNC(=O)Nc3ccc(CC#N)cc3)ccc1-2. The van der Waals surface area contributed by atoms with Gasteiger partial charge >= 0.3 is 24.1 Å². The van der Waals surface area contributed by atoms with E-state index in [0.717, 1.165) is 33.4 Å². The Morgan fingerprint density at radius 3 is 1.11 bits per heavy atom. The lowest BCUT2D eigenvalue weighted by molar-refractivity contribution is 0.237. The van der Waals surface area contributed by atoms with Gasteiger partial charge in [-0.1, -0.05) is 64.1 Å². The number of nitrogens with one attached hydrogen (secondary N) is 8. The second kappa shape index (κ2) is 18.5. The Kier molecular flexibility index (Phi) is 13.4. The van der Waals surface area contributed by atoms with E-state index in [2.05, 4.69) is 54.7 Å². The monoisotopic (exact) mass is 768 g/mol. The largest absolute Gasteiger partial charge is 0.337 e. The van der Waals surface area contributed by atoms with E-state index >= 15 is 0 Å². The van der Waals surface area contributed by atoms with Crippen LogP contribution in [0.15, 0.2) is 84.9 Å². The van der Waals surface area contributed by atoms with E-state index < -0.39 is 10.8 Å². The summed E-state index contributed by atoms with van der Waals surface area (Å²) in [6, 6.07) is 28.4. The molecule has 0 spiro atoms. The Morgan fingerprint density at radius 2 is 0.789 bits per heavy atom. The van der Waals surface area contributed by atoms with Crippen LogP contribution in [0.1, 0.15) is 49.9 Å². The lowest BCUT2D eigenvalue weighted by Gasteiger charge is -2.25. The van der Waals surface area contributed by atoms with Gasteiger partial charge in [-0.05, 0) is 99.2 Å². The number of fused-ring (bicyclic) bond motifs is 3. The zero-order valence-corrected chi connectivity index (χ0v) is 32.6. The molecule has 8 N–H and O–H groups in total. The van der Waals surface area contributed by atoms with Crippen molar-refractivity contribution in [3.63, 3.8) is 0 Å². The van der Waals surface area contributed by atoms with Gasteiger partial charge in [0.15, 0.2) is 0 Å². The highest BCUT2D eigenvalue weighted by molar-refractivity contribution is 5.93. The fourth-order valence-corrected chi connectivity index (χ4v) is 6.06. The topological polar surface area (TPSA) is 212 Å². The van der Waals surface area contributed by atoms with Crippen molar-refractivity contribution >= 4 is 46.9 Å². The fraction of sp³-hybridized carbons (Fsp3) is 0.302. The van der Waals surface area contributed by atoms with E-state index in [9.17, 15) is 19.2 Å². The average Bonchev–Trinajstić information content (AvgIpc) is 3.54. The highest BCUT2D eigenvalue weighted by Gasteiger charge is 2.23. The molecule has 0 aromatic heterocycles. The number of amides is 8. The third kappa shape index (κ3) is 12.5. The third-order valence-electron chi connectivity index (χ3n) is 9.30. The van der Waals surface area contributed by atoms with Gasteiger partial charge in [-0.25, -0.2) is 19.2 Å². The molecule has 4 aromatic carbocycles. The molecule has 0 bridgehead atoms. The lowest BCUT2D eigenvalue weighted by Crippen LogP contribution is -2.44. The molecule has 14 nitrogen and oxygen atoms in total. The number of hydrogen-bond donors (Lipinski definition) is 8. The molecule has 1 aliphatic carbocycles. The van der Waals surface area contributed by atoms with E-state index in [1.807, 2.05) is 64.1 Å². The molecule has 0 heterocycles. The zero-order valence-electron chi connectivity index (χ0n) is 32.6. The van der Waals surface area contributed by atoms with Crippen LogP contribution >= 0.6 is 0 Å². The van der Waals surface area contributed by atoms with Gasteiger partial charge in [0.05, 0.1) is 25.0 Å². The van der Waals surface area contributed by atoms with E-state index in [1.54, 1.807) is 48.5 Å². The number of hydrogen-bond acceptors (Lipinski definition) is 6. The Hall–Kier alpha value is -7.06. The Balaban J connectivity index is 1.02. The summed E-state index contributed by atoms with van der Waals surface area (Å²) in [5, 5.41) is 40.5. The summed E-state index contributed by atoms with van der Waals surface area (Å²) < 4.78 is 0. The molecule has 4 aromatic rings. The summed E-state index contributed by atoms with van der Waals surface area (Å²) in [4.78, 5) is 50.5. The van der Waals surface area contributed by atoms with Crippen LogP contribution in [0.5, 0.6) is 0 Å². The molecule has 0 radical (unpaired) electrons. The van der Waals surface area contributed by atoms with Crippen molar-refractivity contribution in [3.05, 3.63) is 107 Å². The highest BCUT2D eigenvalue weighted by Crippen LogP contribution is 2.39. The highest BCUT2D eigenvalue weighted by atomic mass is 16.2. The van der Waals surface area contributed by atoms with Gasteiger partial charge in [-0.2, -0.15) is 10.5 Å². The summed E-state index contributed by atoms with van der Waals surface area (Å²) in [5.41, 5.74) is 7.62. The molecule has 5 rings (SSSR count). The molecule has 0 atom stereocenters. The summed E-state index contributed by atoms with van der Waals surface area (Å²) in [7, 11) is 0. The van der Waals surface area contributed by atoms with Crippen LogP contribution in [0.25, 0.3) is 11.1 Å². The lowest BCUT2D eigenvalue weighted by atomic mass is 9.93. The van der Waals surface area contributed by atoms with Crippen molar-refractivity contribution < 1.29 is 19.2 Å². The van der Waals surface area contributed by atoms with Gasteiger partial charge in [0.2, 0.25) is 0 Å². The van der Waals surface area contributed by atoms with Crippen molar-refractivity contribution in [2.24, 2.45) is 10.8 Å². The van der Waals surface area contributed by atoms with Crippen molar-refractivity contribution in [3.8, 4) is 23.3 Å². The van der Waals surface area contributed by atoms with E-state index in [4.69, 9.17) is 10.5 Å². The Labute approximate surface area is 332 Å². The van der Waals surface area contributed by atoms with Gasteiger partial charge in [0.25, 0.3) is 0 Å². The molecule has 294 valence electrons. The minimum Gasteiger partial charge on any atom is -0.337 e. The van der Waals surface area contributed by atoms with Crippen LogP contribution in [0.2, 0.25) is 0 Å². The molecular formula is C43H48N10O4. The Morgan fingerprint density at radius 1 is 0.491 bits per heavy atom. The molecule has 0 fully saturated rings. The van der Waals surface area contributed by atoms with Crippen LogP contribution in [0.3, 0.4) is 0 Å². The predicted molar refractivity (Wildman–Crippen MR) is 222 cm³/mol. The van der Waals surface area contributed by atoms with Gasteiger partial charge in [-0.3, -0.25) is 0 Å². The van der Waals surface area contributed by atoms with Crippen LogP contribution in [-0.2, 0) is 19.3 Å². The van der Waals surface area contributed by atoms with Crippen molar-refractivity contribution in [1.82, 2.24) is 21.3 Å². The van der Waals surface area contributed by atoms with Crippen LogP contribution in [0.4, 0.5) is 41.9 Å². The van der Waals surface area contributed by atoms with E-state index in [-0.39, 0.29) is 24.1 Å². The maximum Gasteiger partial charge on any atom is 0.319 e. The van der Waals surface area contributed by atoms with Gasteiger partial charge in [0.1, 0.15) is 0 Å². The van der Waals surface area contributed by atoms with Crippen molar-refractivity contribution in [1.29, 1.82) is 10.5 Å². The zero-order chi connectivity index (χ0) is 41.0. The molecule has 0 saturated heterocycles. The molecule has 57 heavy (non-hydrogen) atoms. The first-order valence-electron chi connectivity index (χ1n) is 18.6.